The van der Waals surface area contributed by atoms with Gasteiger partial charge in [-0.3, -0.25) is 9.58 Å². The Morgan fingerprint density at radius 1 is 1.19 bits per heavy atom. The normalized spacial score (nSPS) is 22.2. The van der Waals surface area contributed by atoms with E-state index < -0.39 is 23.0 Å². The Kier molecular flexibility index (Phi) is 6.93. The van der Waals surface area contributed by atoms with E-state index in [0.29, 0.717) is 32.4 Å². The summed E-state index contributed by atoms with van der Waals surface area (Å²) in [6.07, 6.45) is 5.23. The zero-order valence-corrected chi connectivity index (χ0v) is 23.3. The summed E-state index contributed by atoms with van der Waals surface area (Å²) in [4.78, 5) is 17.8. The Morgan fingerprint density at radius 2 is 1.95 bits per heavy atom. The van der Waals surface area contributed by atoms with E-state index >= 15 is 0 Å². The summed E-state index contributed by atoms with van der Waals surface area (Å²) in [6.45, 7) is 4.28. The molecule has 1 aliphatic carbocycles. The number of nitrogens with zero attached hydrogens (tertiary/aromatic N) is 7. The number of likely N-dealkylation sites (tertiary alicyclic amines) is 1. The van der Waals surface area contributed by atoms with Gasteiger partial charge in [0.2, 0.25) is 5.88 Å². The highest BCUT2D eigenvalue weighted by atomic mass is 19.4. The van der Waals surface area contributed by atoms with Gasteiger partial charge in [0.05, 0.1) is 35.5 Å². The molecule has 1 aliphatic heterocycles. The van der Waals surface area contributed by atoms with Crippen LogP contribution in [-0.2, 0) is 17.3 Å². The van der Waals surface area contributed by atoms with E-state index in [0.717, 1.165) is 41.2 Å². The number of aromatic nitrogens is 6. The van der Waals surface area contributed by atoms with Crippen LogP contribution in [0.15, 0.2) is 43.1 Å². The fourth-order valence-electron chi connectivity index (χ4n) is 6.04. The van der Waals surface area contributed by atoms with Crippen molar-refractivity contribution in [3.05, 3.63) is 54.4 Å². The number of hydrogen-bond acceptors (Lipinski definition) is 8. The van der Waals surface area contributed by atoms with Crippen molar-refractivity contribution in [1.29, 1.82) is 5.26 Å². The Morgan fingerprint density at radius 3 is 2.64 bits per heavy atom. The lowest BCUT2D eigenvalue weighted by atomic mass is 9.69. The number of aliphatic hydroxyl groups is 1. The molecule has 0 atom stereocenters. The maximum atomic E-state index is 13.4. The van der Waals surface area contributed by atoms with E-state index in [9.17, 15) is 23.5 Å². The number of nitrogens with one attached hydrogen (secondary N) is 1. The minimum Gasteiger partial charge on any atom is -0.474 e. The van der Waals surface area contributed by atoms with E-state index in [4.69, 9.17) is 4.74 Å². The number of piperidine rings is 1. The first-order valence-electron chi connectivity index (χ1n) is 13.9. The van der Waals surface area contributed by atoms with Crippen molar-refractivity contribution >= 4 is 11.0 Å². The van der Waals surface area contributed by atoms with Gasteiger partial charge in [-0.15, -0.1) is 0 Å². The molecular weight excluding hydrogens is 549 g/mol. The van der Waals surface area contributed by atoms with Crippen LogP contribution >= 0.6 is 0 Å². The van der Waals surface area contributed by atoms with E-state index in [1.165, 1.54) is 26.2 Å². The highest BCUT2D eigenvalue weighted by molar-refractivity contribution is 5.90. The average Bonchev–Trinajstić information content (AvgIpc) is 3.60. The lowest BCUT2D eigenvalue weighted by Crippen LogP contribution is -2.58. The highest BCUT2D eigenvalue weighted by Crippen LogP contribution is 2.46. The molecule has 1 saturated heterocycles. The molecule has 6 rings (SSSR count). The molecule has 0 amide bonds. The fourth-order valence-corrected chi connectivity index (χ4v) is 6.04. The van der Waals surface area contributed by atoms with Crippen molar-refractivity contribution in [3.63, 3.8) is 0 Å². The summed E-state index contributed by atoms with van der Waals surface area (Å²) >= 11 is 0. The number of aromatic amines is 1. The maximum absolute atomic E-state index is 13.4. The molecule has 10 nitrogen and oxygen atoms in total. The molecule has 0 radical (unpaired) electrons. The molecule has 1 saturated carbocycles. The SMILES string of the molecule is CC(C)(O)c1cc(OC2CCN([C@H]3C[C@](CC#N)(n4cc(-c5ncnc6[nH]ccc56)cn4)C3)CC2)nc(C(F)(F)F)c1. The first-order valence-corrected chi connectivity index (χ1v) is 13.9. The second-order valence-electron chi connectivity index (χ2n) is 11.7. The molecule has 220 valence electrons. The van der Waals surface area contributed by atoms with E-state index in [2.05, 4.69) is 36.0 Å². The van der Waals surface area contributed by atoms with Gasteiger partial charge in [-0.25, -0.2) is 15.0 Å². The van der Waals surface area contributed by atoms with Crippen molar-refractivity contribution in [1.82, 2.24) is 34.6 Å². The number of pyridine rings is 1. The van der Waals surface area contributed by atoms with Crippen molar-refractivity contribution in [2.24, 2.45) is 0 Å². The number of H-pyrrole nitrogens is 1. The number of nitriles is 1. The van der Waals surface area contributed by atoms with Gasteiger partial charge in [-0.1, -0.05) is 0 Å². The molecule has 2 N–H and O–H groups in total. The van der Waals surface area contributed by atoms with Crippen LogP contribution in [0.1, 0.15) is 57.2 Å². The summed E-state index contributed by atoms with van der Waals surface area (Å²) in [5, 5.41) is 25.5. The van der Waals surface area contributed by atoms with Gasteiger partial charge in [0.1, 0.15) is 23.8 Å². The Bertz CT molecular complexity index is 1590. The number of rotatable bonds is 7. The van der Waals surface area contributed by atoms with Crippen LogP contribution in [0.4, 0.5) is 13.2 Å². The molecule has 4 aromatic rings. The van der Waals surface area contributed by atoms with Gasteiger partial charge in [0, 0.05) is 48.5 Å². The second kappa shape index (κ2) is 10.4. The van der Waals surface area contributed by atoms with Crippen LogP contribution < -0.4 is 4.74 Å². The quantitative estimate of drug-likeness (QED) is 0.320. The van der Waals surface area contributed by atoms with E-state index in [1.807, 2.05) is 23.1 Å². The van der Waals surface area contributed by atoms with Gasteiger partial charge in [-0.2, -0.15) is 23.5 Å². The molecule has 0 aromatic carbocycles. The highest BCUT2D eigenvalue weighted by Gasteiger charge is 2.49. The molecule has 5 heterocycles. The van der Waals surface area contributed by atoms with Crippen molar-refractivity contribution in [3.8, 4) is 23.2 Å². The largest absolute Gasteiger partial charge is 0.474 e. The number of ether oxygens (including phenoxy) is 1. The molecule has 42 heavy (non-hydrogen) atoms. The van der Waals surface area contributed by atoms with Crippen molar-refractivity contribution < 1.29 is 23.0 Å². The predicted molar refractivity (Wildman–Crippen MR) is 146 cm³/mol. The first-order chi connectivity index (χ1) is 19.9. The lowest BCUT2D eigenvalue weighted by molar-refractivity contribution is -0.141. The van der Waals surface area contributed by atoms with E-state index in [-0.39, 0.29) is 23.6 Å². The molecule has 13 heteroatoms. The summed E-state index contributed by atoms with van der Waals surface area (Å²) < 4.78 is 48.1. The first kappa shape index (κ1) is 28.1. The van der Waals surface area contributed by atoms with Crippen LogP contribution in [0.3, 0.4) is 0 Å². The zero-order chi connectivity index (χ0) is 29.7. The average molecular weight is 581 g/mol. The predicted octanol–water partition coefficient (Wildman–Crippen LogP) is 4.78. The van der Waals surface area contributed by atoms with Crippen LogP contribution in [0, 0.1) is 11.3 Å². The monoisotopic (exact) mass is 580 g/mol. The van der Waals surface area contributed by atoms with Gasteiger partial charge in [0.15, 0.2) is 0 Å². The number of halogens is 3. The number of fused-ring (bicyclic) bond motifs is 1. The van der Waals surface area contributed by atoms with E-state index in [1.54, 1.807) is 6.20 Å². The molecule has 2 fully saturated rings. The Balaban J connectivity index is 1.10. The Hall–Kier alpha value is -4.02. The van der Waals surface area contributed by atoms with Gasteiger partial charge in [0.25, 0.3) is 0 Å². The Labute approximate surface area is 240 Å². The molecule has 0 bridgehead atoms. The van der Waals surface area contributed by atoms with Crippen LogP contribution in [0.5, 0.6) is 5.88 Å². The summed E-state index contributed by atoms with van der Waals surface area (Å²) in [5.41, 5.74) is -0.485. The third-order valence-corrected chi connectivity index (χ3v) is 8.41. The number of alkyl halides is 3. The van der Waals surface area contributed by atoms with Gasteiger partial charge < -0.3 is 14.8 Å². The standard InChI is InChI=1S/C29H31F3N8O2/c1-27(2,41)19-11-23(29(30,31)32)38-24(12-19)42-21-4-9-39(10-5-21)20-13-28(14-20,6-7-33)40-16-18(15-37-40)25-22-3-8-34-26(22)36-17-35-25/h3,8,11-12,15-17,20-21,41H,4-6,9-10,13-14H2,1-2H3,(H,34,35,36)/t20-,28-. The van der Waals surface area contributed by atoms with Crippen LogP contribution in [0.2, 0.25) is 0 Å². The summed E-state index contributed by atoms with van der Waals surface area (Å²) in [6, 6.07) is 6.76. The molecule has 0 unspecified atom stereocenters. The molecule has 0 spiro atoms. The third kappa shape index (κ3) is 5.32. The van der Waals surface area contributed by atoms with Crippen molar-refractivity contribution in [2.45, 2.75) is 75.4 Å². The zero-order valence-electron chi connectivity index (χ0n) is 23.3. The summed E-state index contributed by atoms with van der Waals surface area (Å²) in [5.74, 6) is -0.132. The topological polar surface area (TPSA) is 129 Å². The molecular formula is C29H31F3N8O2. The van der Waals surface area contributed by atoms with Gasteiger partial charge in [-0.05, 0) is 57.2 Å². The van der Waals surface area contributed by atoms with Crippen LogP contribution in [0.25, 0.3) is 22.3 Å². The minimum atomic E-state index is -4.65. The van der Waals surface area contributed by atoms with Gasteiger partial charge >= 0.3 is 6.18 Å². The smallest absolute Gasteiger partial charge is 0.433 e. The maximum Gasteiger partial charge on any atom is 0.433 e. The third-order valence-electron chi connectivity index (χ3n) is 8.41. The number of hydrogen-bond donors (Lipinski definition) is 2. The second-order valence-corrected chi connectivity index (χ2v) is 11.7. The minimum absolute atomic E-state index is 0.0968. The fraction of sp³-hybridized carbons (Fsp3) is 0.483. The summed E-state index contributed by atoms with van der Waals surface area (Å²) in [7, 11) is 0. The van der Waals surface area contributed by atoms with Crippen molar-refractivity contribution in [2.75, 3.05) is 13.1 Å². The lowest BCUT2D eigenvalue weighted by Gasteiger charge is -2.52. The van der Waals surface area contributed by atoms with Crippen LogP contribution in [-0.4, -0.2) is 65.0 Å². The molecule has 2 aliphatic rings. The molecule has 4 aromatic heterocycles.